The van der Waals surface area contributed by atoms with Gasteiger partial charge >= 0.3 is 0 Å². The number of fused-ring (bicyclic) bond motifs is 1. The summed E-state index contributed by atoms with van der Waals surface area (Å²) in [6, 6.07) is 27.4. The number of rotatable bonds is 4. The quantitative estimate of drug-likeness (QED) is 0.394. The van der Waals surface area contributed by atoms with E-state index in [-0.39, 0.29) is 5.78 Å². The Labute approximate surface area is 145 Å². The van der Waals surface area contributed by atoms with Crippen LogP contribution in [0.1, 0.15) is 16.1 Å². The molecule has 120 valence electrons. The van der Waals surface area contributed by atoms with Crippen molar-refractivity contribution in [2.24, 2.45) is 0 Å². The predicted molar refractivity (Wildman–Crippen MR) is 101 cm³/mol. The molecule has 0 saturated carbocycles. The molecule has 0 saturated heterocycles. The van der Waals surface area contributed by atoms with Crippen molar-refractivity contribution in [1.29, 1.82) is 0 Å². The molecule has 3 nitrogen and oxygen atoms in total. The van der Waals surface area contributed by atoms with Gasteiger partial charge in [-0.05, 0) is 29.8 Å². The molecule has 0 amide bonds. The molecule has 0 radical (unpaired) electrons. The van der Waals surface area contributed by atoms with Crippen LogP contribution in [0.4, 0.5) is 0 Å². The normalized spacial score (nSPS) is 11.2. The molecule has 0 fully saturated rings. The third-order valence-electron chi connectivity index (χ3n) is 4.05. The Kier molecular flexibility index (Phi) is 3.97. The molecule has 0 aliphatic carbocycles. The number of ketones is 1. The number of hydrogen-bond acceptors (Lipinski definition) is 2. The van der Waals surface area contributed by atoms with Crippen molar-refractivity contribution in [1.82, 2.24) is 9.78 Å². The second-order valence-electron chi connectivity index (χ2n) is 5.72. The summed E-state index contributed by atoms with van der Waals surface area (Å²) in [6.07, 6.45) is 3.40. The first kappa shape index (κ1) is 15.1. The highest BCUT2D eigenvalue weighted by atomic mass is 16.1. The van der Waals surface area contributed by atoms with E-state index < -0.39 is 0 Å². The van der Waals surface area contributed by atoms with Crippen molar-refractivity contribution in [2.45, 2.75) is 0 Å². The Morgan fingerprint density at radius 2 is 1.44 bits per heavy atom. The fraction of sp³-hybridized carbons (Fsp3) is 0. The molecule has 0 aliphatic heterocycles. The van der Waals surface area contributed by atoms with Crippen LogP contribution >= 0.6 is 0 Å². The van der Waals surface area contributed by atoms with Crippen LogP contribution in [0.5, 0.6) is 0 Å². The van der Waals surface area contributed by atoms with Crippen molar-refractivity contribution in [3.8, 4) is 5.69 Å². The van der Waals surface area contributed by atoms with E-state index >= 15 is 0 Å². The second kappa shape index (κ2) is 6.57. The lowest BCUT2D eigenvalue weighted by Gasteiger charge is -2.01. The van der Waals surface area contributed by atoms with Crippen LogP contribution in [0.15, 0.2) is 91.0 Å². The van der Waals surface area contributed by atoms with E-state index in [2.05, 4.69) is 5.10 Å². The van der Waals surface area contributed by atoms with Gasteiger partial charge in [-0.25, -0.2) is 4.68 Å². The summed E-state index contributed by atoms with van der Waals surface area (Å²) in [4.78, 5) is 12.7. The van der Waals surface area contributed by atoms with Crippen molar-refractivity contribution in [2.75, 3.05) is 0 Å². The number of carbonyl (C=O) groups is 1. The number of hydrogen-bond donors (Lipinski definition) is 0. The van der Waals surface area contributed by atoms with E-state index in [1.807, 2.05) is 95.7 Å². The van der Waals surface area contributed by atoms with Crippen LogP contribution in [0.25, 0.3) is 22.7 Å². The molecule has 0 unspecified atom stereocenters. The summed E-state index contributed by atoms with van der Waals surface area (Å²) >= 11 is 0. The van der Waals surface area contributed by atoms with Gasteiger partial charge in [0.1, 0.15) is 5.69 Å². The Hall–Kier alpha value is -3.46. The molecule has 0 aliphatic rings. The lowest BCUT2D eigenvalue weighted by molar-refractivity contribution is 0.104. The van der Waals surface area contributed by atoms with E-state index in [9.17, 15) is 4.79 Å². The van der Waals surface area contributed by atoms with Crippen molar-refractivity contribution in [3.05, 3.63) is 102 Å². The monoisotopic (exact) mass is 324 g/mol. The van der Waals surface area contributed by atoms with Crippen LogP contribution in [0.2, 0.25) is 0 Å². The molecule has 0 spiro atoms. The Morgan fingerprint density at radius 1 is 0.800 bits per heavy atom. The summed E-state index contributed by atoms with van der Waals surface area (Å²) in [7, 11) is 0. The van der Waals surface area contributed by atoms with Gasteiger partial charge < -0.3 is 0 Å². The standard InChI is InChI=1S/C22H16N2O/c25-21(16-15-17-9-3-1-4-10-17)22-19-13-7-8-14-20(19)24(23-22)18-11-5-2-6-12-18/h1-16H/b16-15+. The molecule has 3 heteroatoms. The van der Waals surface area contributed by atoms with Gasteiger partial charge in [-0.3, -0.25) is 4.79 Å². The average Bonchev–Trinajstić information content (AvgIpc) is 3.07. The zero-order valence-corrected chi connectivity index (χ0v) is 13.5. The summed E-state index contributed by atoms with van der Waals surface area (Å²) < 4.78 is 1.82. The Bertz CT molecular complexity index is 1050. The fourth-order valence-corrected chi connectivity index (χ4v) is 2.83. The molecular formula is C22H16N2O. The van der Waals surface area contributed by atoms with Crippen LogP contribution < -0.4 is 0 Å². The van der Waals surface area contributed by atoms with E-state index in [4.69, 9.17) is 0 Å². The summed E-state index contributed by atoms with van der Waals surface area (Å²) in [5.74, 6) is -0.102. The molecular weight excluding hydrogens is 308 g/mol. The van der Waals surface area contributed by atoms with Crippen LogP contribution in [-0.2, 0) is 0 Å². The van der Waals surface area contributed by atoms with Crippen LogP contribution in [-0.4, -0.2) is 15.6 Å². The first-order valence-electron chi connectivity index (χ1n) is 8.13. The topological polar surface area (TPSA) is 34.9 Å². The summed E-state index contributed by atoms with van der Waals surface area (Å²) in [6.45, 7) is 0. The summed E-state index contributed by atoms with van der Waals surface area (Å²) in [5, 5.41) is 5.44. The zero-order valence-electron chi connectivity index (χ0n) is 13.5. The predicted octanol–water partition coefficient (Wildman–Crippen LogP) is 4.92. The van der Waals surface area contributed by atoms with Gasteiger partial charge in [-0.2, -0.15) is 5.10 Å². The molecule has 1 heterocycles. The first-order valence-corrected chi connectivity index (χ1v) is 8.13. The molecule has 4 aromatic rings. The third-order valence-corrected chi connectivity index (χ3v) is 4.05. The van der Waals surface area contributed by atoms with Crippen molar-refractivity contribution < 1.29 is 4.79 Å². The van der Waals surface area contributed by atoms with E-state index in [0.717, 1.165) is 22.2 Å². The van der Waals surface area contributed by atoms with Crippen LogP contribution in [0, 0.1) is 0 Å². The van der Waals surface area contributed by atoms with Gasteiger partial charge in [-0.1, -0.05) is 72.8 Å². The van der Waals surface area contributed by atoms with E-state index in [1.54, 1.807) is 6.08 Å². The van der Waals surface area contributed by atoms with Crippen molar-refractivity contribution >= 4 is 22.8 Å². The number of aromatic nitrogens is 2. The highest BCUT2D eigenvalue weighted by Gasteiger charge is 2.15. The van der Waals surface area contributed by atoms with Gasteiger partial charge in [0.15, 0.2) is 0 Å². The summed E-state index contributed by atoms with van der Waals surface area (Å²) in [5.41, 5.74) is 3.31. The smallest absolute Gasteiger partial charge is 0.206 e. The minimum absolute atomic E-state index is 0.102. The highest BCUT2D eigenvalue weighted by Crippen LogP contribution is 2.22. The minimum Gasteiger partial charge on any atom is -0.287 e. The maximum absolute atomic E-state index is 12.7. The molecule has 1 aromatic heterocycles. The SMILES string of the molecule is O=C(/C=C/c1ccccc1)c1nn(-c2ccccc2)c2ccccc12. The largest absolute Gasteiger partial charge is 0.287 e. The molecule has 3 aromatic carbocycles. The third kappa shape index (κ3) is 3.00. The molecule has 0 N–H and O–H groups in total. The van der Waals surface area contributed by atoms with Gasteiger partial charge in [0.25, 0.3) is 0 Å². The van der Waals surface area contributed by atoms with E-state index in [0.29, 0.717) is 5.69 Å². The van der Waals surface area contributed by atoms with Crippen molar-refractivity contribution in [3.63, 3.8) is 0 Å². The number of nitrogens with zero attached hydrogens (tertiary/aromatic N) is 2. The highest BCUT2D eigenvalue weighted by molar-refractivity contribution is 6.13. The molecule has 25 heavy (non-hydrogen) atoms. The van der Waals surface area contributed by atoms with Crippen LogP contribution in [0.3, 0.4) is 0 Å². The number of benzene rings is 3. The number of para-hydroxylation sites is 2. The van der Waals surface area contributed by atoms with Gasteiger partial charge in [0, 0.05) is 5.39 Å². The second-order valence-corrected chi connectivity index (χ2v) is 5.72. The average molecular weight is 324 g/mol. The maximum Gasteiger partial charge on any atom is 0.206 e. The fourth-order valence-electron chi connectivity index (χ4n) is 2.83. The molecule has 0 bridgehead atoms. The lowest BCUT2D eigenvalue weighted by Crippen LogP contribution is -2.00. The minimum atomic E-state index is -0.102. The Balaban J connectivity index is 1.78. The first-order chi connectivity index (χ1) is 12.3. The van der Waals surface area contributed by atoms with Gasteiger partial charge in [0.05, 0.1) is 11.2 Å². The number of carbonyl (C=O) groups excluding carboxylic acids is 1. The molecule has 0 atom stereocenters. The Morgan fingerprint density at radius 3 is 2.20 bits per heavy atom. The van der Waals surface area contributed by atoms with E-state index in [1.165, 1.54) is 0 Å². The van der Waals surface area contributed by atoms with Gasteiger partial charge in [-0.15, -0.1) is 0 Å². The maximum atomic E-state index is 12.7. The zero-order chi connectivity index (χ0) is 17.1. The molecule has 4 rings (SSSR count). The lowest BCUT2D eigenvalue weighted by atomic mass is 10.1. The van der Waals surface area contributed by atoms with Gasteiger partial charge in [0.2, 0.25) is 5.78 Å². The number of allylic oxidation sites excluding steroid dienone is 1.